The van der Waals surface area contributed by atoms with Gasteiger partial charge in [-0.3, -0.25) is 9.35 Å². The second-order valence-electron chi connectivity index (χ2n) is 8.31. The van der Waals surface area contributed by atoms with Gasteiger partial charge in [0.2, 0.25) is 0 Å². The summed E-state index contributed by atoms with van der Waals surface area (Å²) >= 11 is 12.2. The van der Waals surface area contributed by atoms with Gasteiger partial charge in [0.1, 0.15) is 16.3 Å². The molecule has 2 N–H and O–H groups in total. The Balaban J connectivity index is 0.00000441. The first kappa shape index (κ1) is 31.8. The van der Waals surface area contributed by atoms with Crippen LogP contribution in [-0.4, -0.2) is 25.5 Å². The molecule has 0 heterocycles. The number of halogens is 2. The number of rotatable bonds is 8. The topological polar surface area (TPSA) is 140 Å². The van der Waals surface area contributed by atoms with Gasteiger partial charge in [-0.2, -0.15) is 13.5 Å². The molecule has 0 spiro atoms. The molecule has 4 aromatic carbocycles. The van der Waals surface area contributed by atoms with Crippen molar-refractivity contribution in [3.05, 3.63) is 81.8 Å². The molecule has 0 saturated heterocycles. The van der Waals surface area contributed by atoms with Crippen molar-refractivity contribution in [2.24, 2.45) is 10.2 Å². The zero-order valence-corrected chi connectivity index (χ0v) is 26.1. The van der Waals surface area contributed by atoms with Crippen molar-refractivity contribution >= 4 is 67.1 Å². The Hall–Kier alpha value is -2.70. The summed E-state index contributed by atoms with van der Waals surface area (Å²) in [7, 11) is -4.77. The summed E-state index contributed by atoms with van der Waals surface area (Å²) in [6, 6.07) is 15.6. The van der Waals surface area contributed by atoms with E-state index in [9.17, 15) is 22.9 Å². The van der Waals surface area contributed by atoms with Crippen LogP contribution in [0.15, 0.2) is 75.8 Å². The number of amides is 1. The van der Waals surface area contributed by atoms with Crippen molar-refractivity contribution in [3.8, 4) is 11.5 Å². The van der Waals surface area contributed by atoms with E-state index in [-0.39, 0.29) is 57.2 Å². The molecule has 0 bridgehead atoms. The van der Waals surface area contributed by atoms with E-state index in [1.807, 2.05) is 6.92 Å². The van der Waals surface area contributed by atoms with Gasteiger partial charge in [0.05, 0.1) is 23.0 Å². The molecule has 0 aliphatic carbocycles. The molecule has 0 aromatic heterocycles. The summed E-state index contributed by atoms with van der Waals surface area (Å²) < 4.78 is 39.3. The van der Waals surface area contributed by atoms with E-state index >= 15 is 0 Å². The van der Waals surface area contributed by atoms with Crippen LogP contribution in [0, 0.1) is 0 Å². The molecule has 0 aliphatic rings. The molecular formula is C27H22Cl2N3NaO6S. The van der Waals surface area contributed by atoms with Crippen molar-refractivity contribution in [2.75, 3.05) is 11.9 Å². The SMILES string of the molecule is CCOc1ccc(Cl)cc1NC(=O)c1cc2ccccc2c(N=Nc2cc(CC)cc(Cl)c2S(=O)(=O)O)c1[O-].[Na+]. The molecule has 0 saturated carbocycles. The van der Waals surface area contributed by atoms with E-state index in [1.54, 1.807) is 43.3 Å². The minimum absolute atomic E-state index is 0. The van der Waals surface area contributed by atoms with Gasteiger partial charge in [-0.1, -0.05) is 60.1 Å². The maximum absolute atomic E-state index is 13.5. The number of hydrogen-bond acceptors (Lipinski definition) is 7. The van der Waals surface area contributed by atoms with E-state index in [2.05, 4.69) is 15.5 Å². The Bertz CT molecular complexity index is 1730. The van der Waals surface area contributed by atoms with Crippen molar-refractivity contribution in [2.45, 2.75) is 25.2 Å². The van der Waals surface area contributed by atoms with Gasteiger partial charge in [0, 0.05) is 16.0 Å². The fourth-order valence-corrected chi connectivity index (χ4v) is 5.29. The Morgan fingerprint density at radius 2 is 1.77 bits per heavy atom. The van der Waals surface area contributed by atoms with Crippen LogP contribution in [0.25, 0.3) is 10.8 Å². The van der Waals surface area contributed by atoms with Crippen LogP contribution >= 0.6 is 23.2 Å². The largest absolute Gasteiger partial charge is 1.00 e. The number of nitrogens with one attached hydrogen (secondary N) is 1. The molecule has 0 aliphatic heterocycles. The van der Waals surface area contributed by atoms with Crippen LogP contribution in [0.4, 0.5) is 17.1 Å². The predicted molar refractivity (Wildman–Crippen MR) is 149 cm³/mol. The molecule has 9 nitrogen and oxygen atoms in total. The van der Waals surface area contributed by atoms with Crippen LogP contribution in [0.5, 0.6) is 11.5 Å². The van der Waals surface area contributed by atoms with Crippen molar-refractivity contribution in [1.82, 2.24) is 0 Å². The summed E-state index contributed by atoms with van der Waals surface area (Å²) in [5, 5.41) is 25.2. The van der Waals surface area contributed by atoms with E-state index < -0.39 is 26.7 Å². The van der Waals surface area contributed by atoms with Crippen molar-refractivity contribution < 1.29 is 57.2 Å². The van der Waals surface area contributed by atoms with Gasteiger partial charge in [0.25, 0.3) is 16.0 Å². The third-order valence-corrected chi connectivity index (χ3v) is 7.31. The Morgan fingerprint density at radius 3 is 2.45 bits per heavy atom. The summed E-state index contributed by atoms with van der Waals surface area (Å²) in [4.78, 5) is 12.6. The van der Waals surface area contributed by atoms with Gasteiger partial charge in [-0.05, 0) is 60.7 Å². The molecule has 0 unspecified atom stereocenters. The molecule has 4 rings (SSSR count). The minimum Gasteiger partial charge on any atom is -0.870 e. The molecule has 40 heavy (non-hydrogen) atoms. The molecular weight excluding hydrogens is 588 g/mol. The number of aryl methyl sites for hydroxylation is 1. The van der Waals surface area contributed by atoms with E-state index in [0.29, 0.717) is 40.1 Å². The fourth-order valence-electron chi connectivity index (χ4n) is 3.92. The van der Waals surface area contributed by atoms with Crippen LogP contribution in [0.1, 0.15) is 29.8 Å². The summed E-state index contributed by atoms with van der Waals surface area (Å²) in [6.07, 6.45) is 0.493. The average molecular weight is 610 g/mol. The second-order valence-corrected chi connectivity index (χ2v) is 10.5. The third-order valence-electron chi connectivity index (χ3n) is 5.72. The zero-order valence-electron chi connectivity index (χ0n) is 21.7. The molecule has 202 valence electrons. The van der Waals surface area contributed by atoms with E-state index in [4.69, 9.17) is 27.9 Å². The van der Waals surface area contributed by atoms with Crippen LogP contribution in [0.2, 0.25) is 10.0 Å². The molecule has 0 fully saturated rings. The average Bonchev–Trinajstić information content (AvgIpc) is 2.88. The number of nitrogens with zero attached hydrogens (tertiary/aromatic N) is 2. The summed E-state index contributed by atoms with van der Waals surface area (Å²) in [6.45, 7) is 3.95. The van der Waals surface area contributed by atoms with Gasteiger partial charge < -0.3 is 15.2 Å². The number of azo groups is 1. The Labute approximate surface area is 263 Å². The maximum Gasteiger partial charge on any atom is 1.00 e. The summed E-state index contributed by atoms with van der Waals surface area (Å²) in [5.74, 6) is -1.12. The number of benzene rings is 4. The monoisotopic (exact) mass is 609 g/mol. The van der Waals surface area contributed by atoms with Gasteiger partial charge in [-0.15, -0.1) is 5.11 Å². The number of fused-ring (bicyclic) bond motifs is 1. The van der Waals surface area contributed by atoms with Crippen LogP contribution < -0.4 is 44.7 Å². The molecule has 4 aromatic rings. The van der Waals surface area contributed by atoms with Crippen molar-refractivity contribution in [3.63, 3.8) is 0 Å². The first-order valence-electron chi connectivity index (χ1n) is 11.7. The van der Waals surface area contributed by atoms with Crippen LogP contribution in [-0.2, 0) is 16.5 Å². The van der Waals surface area contributed by atoms with Crippen molar-refractivity contribution in [1.29, 1.82) is 0 Å². The van der Waals surface area contributed by atoms with E-state index in [1.165, 1.54) is 24.3 Å². The predicted octanol–water partition coefficient (Wildman–Crippen LogP) is 4.10. The van der Waals surface area contributed by atoms with Gasteiger partial charge in [0.15, 0.2) is 0 Å². The number of anilines is 1. The fraction of sp³-hybridized carbons (Fsp3) is 0.148. The molecule has 13 heteroatoms. The van der Waals surface area contributed by atoms with E-state index in [0.717, 1.165) is 0 Å². The summed E-state index contributed by atoms with van der Waals surface area (Å²) in [5.41, 5.74) is 0.219. The third kappa shape index (κ3) is 6.95. The first-order chi connectivity index (χ1) is 18.5. The first-order valence-corrected chi connectivity index (χ1v) is 13.9. The van der Waals surface area contributed by atoms with Crippen LogP contribution in [0.3, 0.4) is 0 Å². The number of ether oxygens (including phenoxy) is 1. The second kappa shape index (κ2) is 13.3. The van der Waals surface area contributed by atoms with Gasteiger partial charge >= 0.3 is 29.6 Å². The molecule has 0 radical (unpaired) electrons. The standard InChI is InChI=1S/C27H23Cl2N3O6S.Na/c1-3-15-11-20(29)26(39(35,36)37)22(12-15)31-32-24-18-8-6-5-7-16(18)13-19(25(24)33)27(34)30-21-14-17(28)9-10-23(21)38-4-2;/h5-14,33H,3-4H2,1-2H3,(H,30,34)(H,35,36,37);/q;+1/p-1. The minimum atomic E-state index is -4.77. The smallest absolute Gasteiger partial charge is 0.870 e. The Kier molecular flexibility index (Phi) is 10.6. The molecule has 1 amide bonds. The molecule has 0 atom stereocenters. The number of hydrogen-bond donors (Lipinski definition) is 2. The zero-order chi connectivity index (χ0) is 28.3. The Morgan fingerprint density at radius 1 is 1.05 bits per heavy atom. The normalized spacial score (nSPS) is 11.4. The number of carbonyl (C=O) groups excluding carboxylic acids is 1. The van der Waals surface area contributed by atoms with Gasteiger partial charge in [-0.25, -0.2) is 0 Å². The maximum atomic E-state index is 13.5. The number of carbonyl (C=O) groups is 1. The quantitative estimate of drug-likeness (QED) is 0.175.